The van der Waals surface area contributed by atoms with Gasteiger partial charge in [0.25, 0.3) is 0 Å². The highest BCUT2D eigenvalue weighted by atomic mass is 127. The van der Waals surface area contributed by atoms with Gasteiger partial charge in [0.15, 0.2) is 0 Å². The second kappa shape index (κ2) is 6.72. The molecule has 2 aromatic rings. The van der Waals surface area contributed by atoms with Crippen molar-refractivity contribution in [3.63, 3.8) is 0 Å². The zero-order valence-corrected chi connectivity index (χ0v) is 14.5. The number of nitrogens with one attached hydrogen (secondary N) is 1. The molecule has 2 aromatic carbocycles. The molecule has 0 bridgehead atoms. The fraction of sp³-hybridized carbons (Fsp3) is 0.200. The predicted octanol–water partition coefficient (Wildman–Crippen LogP) is 5.13. The molecule has 4 heteroatoms. The van der Waals surface area contributed by atoms with Crippen LogP contribution in [0, 0.1) is 3.57 Å². The van der Waals surface area contributed by atoms with Crippen LogP contribution >= 0.6 is 38.5 Å². The van der Waals surface area contributed by atoms with Crippen molar-refractivity contribution in [1.82, 2.24) is 5.32 Å². The van der Waals surface area contributed by atoms with Crippen LogP contribution in [0.5, 0.6) is 11.5 Å². The summed E-state index contributed by atoms with van der Waals surface area (Å²) < 4.78 is 8.19. The minimum atomic E-state index is 0.242. The minimum Gasteiger partial charge on any atom is -0.457 e. The third-order valence-corrected chi connectivity index (χ3v) is 4.06. The van der Waals surface area contributed by atoms with Gasteiger partial charge in [-0.2, -0.15) is 0 Å². The first-order chi connectivity index (χ1) is 9.10. The SMILES string of the molecule is CNC(C)c1ccc(Br)cc1Oc1cccc(I)c1. The quantitative estimate of drug-likeness (QED) is 0.678. The van der Waals surface area contributed by atoms with Gasteiger partial charge in [0.1, 0.15) is 11.5 Å². The smallest absolute Gasteiger partial charge is 0.133 e. The molecule has 0 aliphatic carbocycles. The second-order valence-electron chi connectivity index (χ2n) is 4.25. The highest BCUT2D eigenvalue weighted by molar-refractivity contribution is 14.1. The van der Waals surface area contributed by atoms with E-state index in [-0.39, 0.29) is 6.04 Å². The van der Waals surface area contributed by atoms with Crippen molar-refractivity contribution in [3.8, 4) is 11.5 Å². The average Bonchev–Trinajstić information content (AvgIpc) is 2.38. The van der Waals surface area contributed by atoms with E-state index in [2.05, 4.69) is 56.8 Å². The first-order valence-electron chi connectivity index (χ1n) is 6.00. The van der Waals surface area contributed by atoms with Crippen LogP contribution in [0.25, 0.3) is 0 Å². The van der Waals surface area contributed by atoms with E-state index in [9.17, 15) is 0 Å². The standard InChI is InChI=1S/C15H15BrINO/c1-10(18-2)14-7-6-11(16)8-15(14)19-13-5-3-4-12(17)9-13/h3-10,18H,1-2H3. The first kappa shape index (κ1) is 14.8. The van der Waals surface area contributed by atoms with Crippen molar-refractivity contribution in [3.05, 3.63) is 56.1 Å². The molecular formula is C15H15BrINO. The van der Waals surface area contributed by atoms with Crippen molar-refractivity contribution < 1.29 is 4.74 Å². The molecule has 0 saturated carbocycles. The molecule has 0 aliphatic rings. The monoisotopic (exact) mass is 431 g/mol. The van der Waals surface area contributed by atoms with E-state index in [1.807, 2.05) is 43.4 Å². The van der Waals surface area contributed by atoms with E-state index < -0.39 is 0 Å². The lowest BCUT2D eigenvalue weighted by Gasteiger charge is -2.16. The molecule has 0 amide bonds. The number of rotatable bonds is 4. The Morgan fingerprint density at radius 2 is 2.00 bits per heavy atom. The molecule has 1 unspecified atom stereocenters. The van der Waals surface area contributed by atoms with Crippen LogP contribution in [0.15, 0.2) is 46.9 Å². The van der Waals surface area contributed by atoms with E-state index in [0.29, 0.717) is 0 Å². The molecule has 0 aromatic heterocycles. The van der Waals surface area contributed by atoms with Crippen LogP contribution in [0.2, 0.25) is 0 Å². The second-order valence-corrected chi connectivity index (χ2v) is 6.41. The Hall–Kier alpha value is -0.590. The van der Waals surface area contributed by atoms with Crippen LogP contribution in [-0.4, -0.2) is 7.05 Å². The summed E-state index contributed by atoms with van der Waals surface area (Å²) in [6.45, 7) is 2.12. The molecule has 0 fully saturated rings. The van der Waals surface area contributed by atoms with Gasteiger partial charge >= 0.3 is 0 Å². The fourth-order valence-electron chi connectivity index (χ4n) is 1.77. The Labute approximate surface area is 135 Å². The van der Waals surface area contributed by atoms with Crippen LogP contribution in [0.1, 0.15) is 18.5 Å². The van der Waals surface area contributed by atoms with Gasteiger partial charge in [0.05, 0.1) is 0 Å². The third kappa shape index (κ3) is 3.94. The van der Waals surface area contributed by atoms with Gasteiger partial charge in [-0.05, 0) is 66.9 Å². The topological polar surface area (TPSA) is 21.3 Å². The van der Waals surface area contributed by atoms with Gasteiger partial charge in [-0.1, -0.05) is 28.1 Å². The van der Waals surface area contributed by atoms with E-state index in [1.165, 1.54) is 0 Å². The summed E-state index contributed by atoms with van der Waals surface area (Å²) in [5.74, 6) is 1.73. The first-order valence-corrected chi connectivity index (χ1v) is 7.87. The van der Waals surface area contributed by atoms with Crippen molar-refractivity contribution in [2.75, 3.05) is 7.05 Å². The maximum Gasteiger partial charge on any atom is 0.133 e. The summed E-state index contributed by atoms with van der Waals surface area (Å²) >= 11 is 5.78. The number of hydrogen-bond donors (Lipinski definition) is 1. The summed E-state index contributed by atoms with van der Waals surface area (Å²) in [7, 11) is 1.95. The molecule has 19 heavy (non-hydrogen) atoms. The van der Waals surface area contributed by atoms with E-state index in [4.69, 9.17) is 4.74 Å². The van der Waals surface area contributed by atoms with Crippen LogP contribution in [0.3, 0.4) is 0 Å². The number of benzene rings is 2. The van der Waals surface area contributed by atoms with Gasteiger partial charge in [0.2, 0.25) is 0 Å². The molecule has 0 radical (unpaired) electrons. The molecule has 0 heterocycles. The van der Waals surface area contributed by atoms with Crippen molar-refractivity contribution >= 4 is 38.5 Å². The Morgan fingerprint density at radius 1 is 1.21 bits per heavy atom. The largest absolute Gasteiger partial charge is 0.457 e. The molecule has 100 valence electrons. The summed E-state index contributed by atoms with van der Waals surface area (Å²) in [5.41, 5.74) is 1.14. The number of halogens is 2. The van der Waals surface area contributed by atoms with Crippen molar-refractivity contribution in [1.29, 1.82) is 0 Å². The fourth-order valence-corrected chi connectivity index (χ4v) is 2.62. The number of hydrogen-bond acceptors (Lipinski definition) is 2. The average molecular weight is 432 g/mol. The predicted molar refractivity (Wildman–Crippen MR) is 90.8 cm³/mol. The highest BCUT2D eigenvalue weighted by Crippen LogP contribution is 2.32. The Kier molecular flexibility index (Phi) is 5.24. The molecule has 0 saturated heterocycles. The summed E-state index contributed by atoms with van der Waals surface area (Å²) in [5, 5.41) is 3.24. The van der Waals surface area contributed by atoms with Crippen LogP contribution < -0.4 is 10.1 Å². The van der Waals surface area contributed by atoms with Gasteiger partial charge in [-0.3, -0.25) is 0 Å². The molecule has 0 spiro atoms. The molecule has 2 rings (SSSR count). The van der Waals surface area contributed by atoms with Crippen molar-refractivity contribution in [2.45, 2.75) is 13.0 Å². The van der Waals surface area contributed by atoms with Gasteiger partial charge in [-0.25, -0.2) is 0 Å². The molecular weight excluding hydrogens is 417 g/mol. The van der Waals surface area contributed by atoms with Crippen LogP contribution in [0.4, 0.5) is 0 Å². The maximum atomic E-state index is 6.02. The Morgan fingerprint density at radius 3 is 2.68 bits per heavy atom. The summed E-state index contributed by atoms with van der Waals surface area (Å²) in [4.78, 5) is 0. The Bertz CT molecular complexity index is 574. The lowest BCUT2D eigenvalue weighted by molar-refractivity contribution is 0.465. The minimum absolute atomic E-state index is 0.242. The van der Waals surface area contributed by atoms with E-state index in [1.54, 1.807) is 0 Å². The maximum absolute atomic E-state index is 6.02. The summed E-state index contributed by atoms with van der Waals surface area (Å²) in [6.07, 6.45) is 0. The molecule has 2 nitrogen and oxygen atoms in total. The summed E-state index contributed by atoms with van der Waals surface area (Å²) in [6, 6.07) is 14.4. The molecule has 0 aliphatic heterocycles. The lowest BCUT2D eigenvalue weighted by Crippen LogP contribution is -2.13. The zero-order chi connectivity index (χ0) is 13.8. The van der Waals surface area contributed by atoms with Gasteiger partial charge in [-0.15, -0.1) is 0 Å². The lowest BCUT2D eigenvalue weighted by atomic mass is 10.1. The zero-order valence-electron chi connectivity index (χ0n) is 10.8. The van der Waals surface area contributed by atoms with Gasteiger partial charge in [0, 0.05) is 19.6 Å². The number of ether oxygens (including phenoxy) is 1. The third-order valence-electron chi connectivity index (χ3n) is 2.90. The van der Waals surface area contributed by atoms with Crippen molar-refractivity contribution in [2.24, 2.45) is 0 Å². The molecule has 1 N–H and O–H groups in total. The highest BCUT2D eigenvalue weighted by Gasteiger charge is 2.11. The van der Waals surface area contributed by atoms with E-state index in [0.717, 1.165) is 25.1 Å². The van der Waals surface area contributed by atoms with E-state index >= 15 is 0 Å². The molecule has 1 atom stereocenters. The van der Waals surface area contributed by atoms with Gasteiger partial charge < -0.3 is 10.1 Å². The Balaban J connectivity index is 2.35. The van der Waals surface area contributed by atoms with Crippen LogP contribution in [-0.2, 0) is 0 Å². The normalized spacial score (nSPS) is 12.2.